The van der Waals surface area contributed by atoms with Gasteiger partial charge < -0.3 is 10.1 Å². The lowest BCUT2D eigenvalue weighted by atomic mass is 10.2. The molecule has 0 aromatic rings. The van der Waals surface area contributed by atoms with Crippen molar-refractivity contribution in [2.45, 2.75) is 58.7 Å². The van der Waals surface area contributed by atoms with Gasteiger partial charge in [-0.15, -0.1) is 0 Å². The van der Waals surface area contributed by atoms with Crippen molar-refractivity contribution in [2.24, 2.45) is 0 Å². The maximum atomic E-state index is 11.5. The molecule has 94 valence electrons. The molecular weight excluding hydrogens is 204 g/mol. The van der Waals surface area contributed by atoms with Crippen LogP contribution in [0.25, 0.3) is 0 Å². The molecular formula is C12H24N2O2. The molecule has 4 heteroatoms. The minimum Gasteiger partial charge on any atom is -0.444 e. The van der Waals surface area contributed by atoms with Crippen molar-refractivity contribution in [3.05, 3.63) is 0 Å². The van der Waals surface area contributed by atoms with Crippen LogP contribution in [0.3, 0.4) is 0 Å². The number of nitrogens with zero attached hydrogens (tertiary/aromatic N) is 1. The first kappa shape index (κ1) is 13.3. The van der Waals surface area contributed by atoms with Gasteiger partial charge in [0.25, 0.3) is 0 Å². The number of nitrogens with one attached hydrogen (secondary N) is 1. The molecule has 16 heavy (non-hydrogen) atoms. The predicted octanol–water partition coefficient (Wildman–Crippen LogP) is 1.99. The quantitative estimate of drug-likeness (QED) is 0.786. The lowest BCUT2D eigenvalue weighted by Crippen LogP contribution is -2.41. The lowest BCUT2D eigenvalue weighted by Gasteiger charge is -2.23. The van der Waals surface area contributed by atoms with Crippen LogP contribution in [0, 0.1) is 0 Å². The second-order valence-electron chi connectivity index (χ2n) is 5.72. The zero-order valence-corrected chi connectivity index (χ0v) is 11.0. The van der Waals surface area contributed by atoms with Crippen LogP contribution >= 0.6 is 0 Å². The molecule has 0 radical (unpaired) electrons. The molecule has 1 heterocycles. The van der Waals surface area contributed by atoms with Crippen molar-refractivity contribution >= 4 is 6.09 Å². The third kappa shape index (κ3) is 4.39. The molecule has 0 aliphatic carbocycles. The molecule has 0 spiro atoms. The molecule has 1 aliphatic heterocycles. The molecule has 0 aromatic heterocycles. The van der Waals surface area contributed by atoms with Crippen molar-refractivity contribution in [3.8, 4) is 0 Å². The molecule has 1 fully saturated rings. The van der Waals surface area contributed by atoms with E-state index in [1.807, 2.05) is 20.8 Å². The molecule has 0 unspecified atom stereocenters. The average molecular weight is 228 g/mol. The Kier molecular flexibility index (Phi) is 4.19. The number of likely N-dealkylation sites (tertiary alicyclic amines) is 1. The largest absolute Gasteiger partial charge is 0.444 e. The third-order valence-electron chi connectivity index (χ3n) is 2.67. The van der Waals surface area contributed by atoms with Gasteiger partial charge in [-0.05, 0) is 41.0 Å². The molecule has 1 aliphatic rings. The number of alkyl carbamates (subject to hydrolysis) is 1. The van der Waals surface area contributed by atoms with Crippen LogP contribution in [-0.4, -0.2) is 41.8 Å². The molecule has 1 atom stereocenters. The third-order valence-corrected chi connectivity index (χ3v) is 2.67. The first-order valence-electron chi connectivity index (χ1n) is 6.01. The molecule has 0 bridgehead atoms. The minimum atomic E-state index is -0.416. The SMILES string of the molecule is CC(C)N1CC[C@H](NC(=O)OC(C)(C)C)C1. The van der Waals surface area contributed by atoms with E-state index < -0.39 is 5.60 Å². The van der Waals surface area contributed by atoms with Crippen molar-refractivity contribution in [1.29, 1.82) is 0 Å². The normalized spacial score (nSPS) is 22.5. The summed E-state index contributed by atoms with van der Waals surface area (Å²) in [7, 11) is 0. The van der Waals surface area contributed by atoms with Crippen LogP contribution in [-0.2, 0) is 4.74 Å². The molecule has 1 N–H and O–H groups in total. The van der Waals surface area contributed by atoms with Crippen LogP contribution in [0.4, 0.5) is 4.79 Å². The average Bonchev–Trinajstić information content (AvgIpc) is 2.48. The number of ether oxygens (including phenoxy) is 1. The van der Waals surface area contributed by atoms with Crippen LogP contribution < -0.4 is 5.32 Å². The highest BCUT2D eigenvalue weighted by atomic mass is 16.6. The summed E-state index contributed by atoms with van der Waals surface area (Å²) in [6, 6.07) is 0.780. The summed E-state index contributed by atoms with van der Waals surface area (Å²) in [5, 5.41) is 2.92. The first-order chi connectivity index (χ1) is 7.28. The maximum absolute atomic E-state index is 11.5. The van der Waals surface area contributed by atoms with E-state index in [-0.39, 0.29) is 12.1 Å². The molecule has 0 saturated carbocycles. The second-order valence-corrected chi connectivity index (χ2v) is 5.72. The van der Waals surface area contributed by atoms with Gasteiger partial charge in [0, 0.05) is 25.2 Å². The summed E-state index contributed by atoms with van der Waals surface area (Å²) in [4.78, 5) is 13.9. The summed E-state index contributed by atoms with van der Waals surface area (Å²) in [6.45, 7) is 12.0. The van der Waals surface area contributed by atoms with Gasteiger partial charge in [0.15, 0.2) is 0 Å². The van der Waals surface area contributed by atoms with Crippen LogP contribution in [0.5, 0.6) is 0 Å². The van der Waals surface area contributed by atoms with E-state index in [1.165, 1.54) is 0 Å². The van der Waals surface area contributed by atoms with Crippen LogP contribution in [0.1, 0.15) is 41.0 Å². The predicted molar refractivity (Wildman–Crippen MR) is 64.5 cm³/mol. The number of rotatable bonds is 2. The van der Waals surface area contributed by atoms with Gasteiger partial charge in [-0.1, -0.05) is 0 Å². The Hall–Kier alpha value is -0.770. The standard InChI is InChI=1S/C12H24N2O2/c1-9(2)14-7-6-10(8-14)13-11(15)16-12(3,4)5/h9-10H,6-8H2,1-5H3,(H,13,15)/t10-/m0/s1. The van der Waals surface area contributed by atoms with E-state index in [0.717, 1.165) is 19.5 Å². The molecule has 1 amide bonds. The summed E-state index contributed by atoms with van der Waals surface area (Å²) in [6.07, 6.45) is 0.709. The smallest absolute Gasteiger partial charge is 0.407 e. The highest BCUT2D eigenvalue weighted by Gasteiger charge is 2.26. The van der Waals surface area contributed by atoms with Crippen LogP contribution in [0.15, 0.2) is 0 Å². The van der Waals surface area contributed by atoms with Crippen molar-refractivity contribution < 1.29 is 9.53 Å². The number of hydrogen-bond donors (Lipinski definition) is 1. The second kappa shape index (κ2) is 5.04. The molecule has 0 aromatic carbocycles. The maximum Gasteiger partial charge on any atom is 0.407 e. The van der Waals surface area contributed by atoms with E-state index in [9.17, 15) is 4.79 Å². The minimum absolute atomic E-state index is 0.234. The van der Waals surface area contributed by atoms with Crippen molar-refractivity contribution in [2.75, 3.05) is 13.1 Å². The number of hydrogen-bond acceptors (Lipinski definition) is 3. The molecule has 1 saturated heterocycles. The van der Waals surface area contributed by atoms with Gasteiger partial charge in [0.1, 0.15) is 5.60 Å². The molecule has 4 nitrogen and oxygen atoms in total. The van der Waals surface area contributed by atoms with Gasteiger partial charge >= 0.3 is 6.09 Å². The Morgan fingerprint density at radius 1 is 1.44 bits per heavy atom. The van der Waals surface area contributed by atoms with Gasteiger partial charge in [-0.3, -0.25) is 4.90 Å². The zero-order valence-electron chi connectivity index (χ0n) is 11.0. The Morgan fingerprint density at radius 3 is 2.50 bits per heavy atom. The highest BCUT2D eigenvalue weighted by molar-refractivity contribution is 5.68. The Balaban J connectivity index is 2.32. The monoisotopic (exact) mass is 228 g/mol. The van der Waals surface area contributed by atoms with E-state index in [0.29, 0.717) is 6.04 Å². The van der Waals surface area contributed by atoms with Crippen LogP contribution in [0.2, 0.25) is 0 Å². The van der Waals surface area contributed by atoms with Gasteiger partial charge in [0.05, 0.1) is 0 Å². The zero-order chi connectivity index (χ0) is 12.3. The number of amides is 1. The van der Waals surface area contributed by atoms with E-state index in [4.69, 9.17) is 4.74 Å². The summed E-state index contributed by atoms with van der Waals surface area (Å²) >= 11 is 0. The molecule has 1 rings (SSSR count). The van der Waals surface area contributed by atoms with Gasteiger partial charge in [0.2, 0.25) is 0 Å². The number of carbonyl (C=O) groups excluding carboxylic acids is 1. The van der Waals surface area contributed by atoms with Crippen molar-refractivity contribution in [3.63, 3.8) is 0 Å². The van der Waals surface area contributed by atoms with E-state index >= 15 is 0 Å². The topological polar surface area (TPSA) is 41.6 Å². The van der Waals surface area contributed by atoms with Gasteiger partial charge in [-0.25, -0.2) is 4.79 Å². The summed E-state index contributed by atoms with van der Waals surface area (Å²) in [5.41, 5.74) is -0.416. The fraction of sp³-hybridized carbons (Fsp3) is 0.917. The summed E-state index contributed by atoms with van der Waals surface area (Å²) < 4.78 is 5.23. The van der Waals surface area contributed by atoms with Crippen molar-refractivity contribution in [1.82, 2.24) is 10.2 Å². The lowest BCUT2D eigenvalue weighted by molar-refractivity contribution is 0.0505. The number of carbonyl (C=O) groups is 1. The van der Waals surface area contributed by atoms with Gasteiger partial charge in [-0.2, -0.15) is 0 Å². The van der Waals surface area contributed by atoms with E-state index in [1.54, 1.807) is 0 Å². The van der Waals surface area contributed by atoms with E-state index in [2.05, 4.69) is 24.1 Å². The Morgan fingerprint density at radius 2 is 2.06 bits per heavy atom. The highest BCUT2D eigenvalue weighted by Crippen LogP contribution is 2.13. The fourth-order valence-electron chi connectivity index (χ4n) is 1.85. The first-order valence-corrected chi connectivity index (χ1v) is 6.01. The Labute approximate surface area is 98.3 Å². The fourth-order valence-corrected chi connectivity index (χ4v) is 1.85. The summed E-state index contributed by atoms with van der Waals surface area (Å²) in [5.74, 6) is 0. The Bertz CT molecular complexity index is 246.